The number of nitrogens with zero attached hydrogens (tertiary/aromatic N) is 1. The van der Waals surface area contributed by atoms with E-state index in [1.165, 1.54) is 0 Å². The molecular weight excluding hydrogens is 366 g/mol. The third-order valence-electron chi connectivity index (χ3n) is 4.90. The van der Waals surface area contributed by atoms with E-state index in [1.807, 2.05) is 69.3 Å². The Labute approximate surface area is 173 Å². The fourth-order valence-electron chi connectivity index (χ4n) is 3.03. The zero-order chi connectivity index (χ0) is 21.2. The molecule has 0 aliphatic heterocycles. The van der Waals surface area contributed by atoms with Crippen molar-refractivity contribution in [2.24, 2.45) is 0 Å². The van der Waals surface area contributed by atoms with Gasteiger partial charge in [-0.05, 0) is 43.5 Å². The summed E-state index contributed by atoms with van der Waals surface area (Å²) in [4.78, 5) is 26.9. The van der Waals surface area contributed by atoms with Gasteiger partial charge in [-0.2, -0.15) is 0 Å². The summed E-state index contributed by atoms with van der Waals surface area (Å²) in [6, 6.07) is 15.5. The molecule has 0 fully saturated rings. The molecule has 6 nitrogen and oxygen atoms in total. The van der Waals surface area contributed by atoms with Crippen molar-refractivity contribution in [3.8, 4) is 0 Å². The molecule has 156 valence electrons. The van der Waals surface area contributed by atoms with Crippen molar-refractivity contribution in [3.05, 3.63) is 65.2 Å². The molecule has 0 unspecified atom stereocenters. The number of rotatable bonds is 10. The molecule has 0 radical (unpaired) electrons. The molecule has 2 amide bonds. The van der Waals surface area contributed by atoms with E-state index in [4.69, 9.17) is 4.74 Å². The van der Waals surface area contributed by atoms with Crippen molar-refractivity contribution in [3.63, 3.8) is 0 Å². The molecule has 0 saturated carbocycles. The van der Waals surface area contributed by atoms with Crippen molar-refractivity contribution < 1.29 is 14.3 Å². The maximum Gasteiger partial charge on any atom is 0.238 e. The first-order chi connectivity index (χ1) is 13.9. The Morgan fingerprint density at radius 2 is 1.69 bits per heavy atom. The van der Waals surface area contributed by atoms with Gasteiger partial charge in [0.2, 0.25) is 11.8 Å². The third-order valence-corrected chi connectivity index (χ3v) is 4.90. The van der Waals surface area contributed by atoms with E-state index in [1.54, 1.807) is 12.0 Å². The highest BCUT2D eigenvalue weighted by Gasteiger charge is 2.17. The lowest BCUT2D eigenvalue weighted by Crippen LogP contribution is -2.43. The fraction of sp³-hybridized carbons (Fsp3) is 0.391. The molecule has 29 heavy (non-hydrogen) atoms. The number of ether oxygens (including phenoxy) is 1. The zero-order valence-electron chi connectivity index (χ0n) is 17.7. The van der Waals surface area contributed by atoms with Gasteiger partial charge in [0.25, 0.3) is 0 Å². The molecular formula is C23H31N3O3. The quantitative estimate of drug-likeness (QED) is 0.646. The first-order valence-corrected chi connectivity index (χ1v) is 9.82. The Kier molecular flexibility index (Phi) is 8.83. The summed E-state index contributed by atoms with van der Waals surface area (Å²) < 4.78 is 5.13. The molecule has 0 aliphatic carbocycles. The number of hydrogen-bond acceptors (Lipinski definition) is 4. The lowest BCUT2D eigenvalue weighted by Gasteiger charge is -2.23. The summed E-state index contributed by atoms with van der Waals surface area (Å²) >= 11 is 0. The Bertz CT molecular complexity index is 808. The van der Waals surface area contributed by atoms with E-state index in [2.05, 4.69) is 10.6 Å². The average molecular weight is 398 g/mol. The lowest BCUT2D eigenvalue weighted by atomic mass is 10.1. The molecule has 0 heterocycles. The van der Waals surface area contributed by atoms with Crippen LogP contribution in [0.15, 0.2) is 48.5 Å². The van der Waals surface area contributed by atoms with Gasteiger partial charge in [0.15, 0.2) is 0 Å². The molecule has 2 rings (SSSR count). The van der Waals surface area contributed by atoms with E-state index < -0.39 is 0 Å². The van der Waals surface area contributed by atoms with Crippen LogP contribution in [-0.2, 0) is 14.3 Å². The van der Waals surface area contributed by atoms with Crippen molar-refractivity contribution >= 4 is 17.5 Å². The highest BCUT2D eigenvalue weighted by molar-refractivity contribution is 5.93. The zero-order valence-corrected chi connectivity index (χ0v) is 17.7. The van der Waals surface area contributed by atoms with Crippen molar-refractivity contribution in [1.29, 1.82) is 0 Å². The summed E-state index contributed by atoms with van der Waals surface area (Å²) in [5.41, 5.74) is 3.99. The summed E-state index contributed by atoms with van der Waals surface area (Å²) in [5.74, 6) is -0.282. The van der Waals surface area contributed by atoms with Crippen LogP contribution in [0.25, 0.3) is 0 Å². The number of benzene rings is 2. The van der Waals surface area contributed by atoms with Gasteiger partial charge in [-0.1, -0.05) is 42.5 Å². The fourth-order valence-corrected chi connectivity index (χ4v) is 3.03. The molecule has 1 atom stereocenters. The summed E-state index contributed by atoms with van der Waals surface area (Å²) in [7, 11) is 1.60. The Balaban J connectivity index is 1.94. The van der Waals surface area contributed by atoms with Crippen LogP contribution in [-0.4, -0.2) is 50.1 Å². The van der Waals surface area contributed by atoms with Crippen molar-refractivity contribution in [2.75, 3.05) is 38.7 Å². The number of nitrogens with one attached hydrogen (secondary N) is 2. The average Bonchev–Trinajstić information content (AvgIpc) is 2.70. The van der Waals surface area contributed by atoms with E-state index in [9.17, 15) is 9.59 Å². The van der Waals surface area contributed by atoms with E-state index in [0.29, 0.717) is 13.2 Å². The molecule has 2 aromatic carbocycles. The molecule has 0 aromatic heterocycles. The number of anilines is 1. The Morgan fingerprint density at radius 1 is 1.00 bits per heavy atom. The molecule has 0 aliphatic rings. The Hall–Kier alpha value is -2.70. The van der Waals surface area contributed by atoms with Gasteiger partial charge in [-0.15, -0.1) is 0 Å². The lowest BCUT2D eigenvalue weighted by molar-refractivity contribution is -0.124. The predicted molar refractivity (Wildman–Crippen MR) is 116 cm³/mol. The molecule has 6 heteroatoms. The van der Waals surface area contributed by atoms with E-state index in [-0.39, 0.29) is 30.9 Å². The highest BCUT2D eigenvalue weighted by atomic mass is 16.5. The number of aryl methyl sites for hydroxylation is 1. The smallest absolute Gasteiger partial charge is 0.238 e. The minimum atomic E-state index is -0.154. The second-order valence-electron chi connectivity index (χ2n) is 7.20. The number of methoxy groups -OCH3 is 1. The first-order valence-electron chi connectivity index (χ1n) is 9.82. The highest BCUT2D eigenvalue weighted by Crippen LogP contribution is 2.18. The van der Waals surface area contributed by atoms with Gasteiger partial charge in [0, 0.05) is 19.3 Å². The molecule has 0 spiro atoms. The number of hydrogen-bond donors (Lipinski definition) is 2. The second kappa shape index (κ2) is 11.3. The maximum absolute atomic E-state index is 12.5. The van der Waals surface area contributed by atoms with Crippen LogP contribution in [0.5, 0.6) is 0 Å². The van der Waals surface area contributed by atoms with Crippen LogP contribution >= 0.6 is 0 Å². The van der Waals surface area contributed by atoms with Gasteiger partial charge in [-0.25, -0.2) is 0 Å². The van der Waals surface area contributed by atoms with E-state index >= 15 is 0 Å². The van der Waals surface area contributed by atoms with Crippen LogP contribution in [0.2, 0.25) is 0 Å². The normalized spacial score (nSPS) is 11.9. The monoisotopic (exact) mass is 397 g/mol. The maximum atomic E-state index is 12.5. The molecule has 2 aromatic rings. The van der Waals surface area contributed by atoms with Gasteiger partial charge >= 0.3 is 0 Å². The minimum absolute atomic E-state index is 0.100. The second-order valence-corrected chi connectivity index (χ2v) is 7.20. The number of carbonyl (C=O) groups excluding carboxylic acids is 2. The van der Waals surface area contributed by atoms with Crippen LogP contribution in [0.3, 0.4) is 0 Å². The van der Waals surface area contributed by atoms with Gasteiger partial charge < -0.3 is 15.4 Å². The number of carbonyl (C=O) groups is 2. The SMILES string of the molecule is COCCN(CC(=O)Nc1cccc(C)c1C)CC(=O)N[C@H](C)c1ccccc1. The standard InChI is InChI=1S/C23H31N3O3/c1-17-9-8-12-21(18(17)2)25-23(28)16-26(13-14-29-4)15-22(27)24-19(3)20-10-6-5-7-11-20/h5-12,19H,13-16H2,1-4H3,(H,24,27)(H,25,28)/t19-/m1/s1. The van der Waals surface area contributed by atoms with Crippen LogP contribution in [0.4, 0.5) is 5.69 Å². The van der Waals surface area contributed by atoms with Crippen LogP contribution in [0, 0.1) is 13.8 Å². The van der Waals surface area contributed by atoms with Crippen molar-refractivity contribution in [2.45, 2.75) is 26.8 Å². The summed E-state index contributed by atoms with van der Waals surface area (Å²) in [5, 5.41) is 5.93. The van der Waals surface area contributed by atoms with Crippen LogP contribution in [0.1, 0.15) is 29.7 Å². The molecule has 0 saturated heterocycles. The van der Waals surface area contributed by atoms with Crippen LogP contribution < -0.4 is 10.6 Å². The topological polar surface area (TPSA) is 70.7 Å². The van der Waals surface area contributed by atoms with Gasteiger partial charge in [0.1, 0.15) is 0 Å². The number of amides is 2. The first kappa shape index (κ1) is 22.6. The predicted octanol–water partition coefficient (Wildman–Crippen LogP) is 3.07. The summed E-state index contributed by atoms with van der Waals surface area (Å²) in [6.07, 6.45) is 0. The molecule has 0 bridgehead atoms. The van der Waals surface area contributed by atoms with Gasteiger partial charge in [0.05, 0.1) is 25.7 Å². The minimum Gasteiger partial charge on any atom is -0.383 e. The van der Waals surface area contributed by atoms with E-state index in [0.717, 1.165) is 22.4 Å². The van der Waals surface area contributed by atoms with Crippen molar-refractivity contribution in [1.82, 2.24) is 10.2 Å². The third kappa shape index (κ3) is 7.33. The largest absolute Gasteiger partial charge is 0.383 e. The summed E-state index contributed by atoms with van der Waals surface area (Å²) in [6.45, 7) is 7.10. The van der Waals surface area contributed by atoms with Gasteiger partial charge in [-0.3, -0.25) is 14.5 Å². The molecule has 2 N–H and O–H groups in total. The Morgan fingerprint density at radius 3 is 2.38 bits per heavy atom.